The molecule has 0 spiro atoms. The van der Waals surface area contributed by atoms with Crippen molar-refractivity contribution in [2.45, 2.75) is 65.2 Å². The largest absolute Gasteiger partial charge is 0.462 e. The first-order valence-corrected chi connectivity index (χ1v) is 10.1. The van der Waals surface area contributed by atoms with Crippen molar-refractivity contribution in [1.82, 2.24) is 0 Å². The van der Waals surface area contributed by atoms with E-state index >= 15 is 0 Å². The van der Waals surface area contributed by atoms with E-state index in [4.69, 9.17) is 4.74 Å². The highest BCUT2D eigenvalue weighted by molar-refractivity contribution is 7.28. The number of esters is 1. The van der Waals surface area contributed by atoms with Crippen LogP contribution >= 0.6 is 22.7 Å². The maximum atomic E-state index is 12.1. The molecule has 2 rings (SSSR count). The monoisotopic (exact) mass is 338 g/mol. The molecular formula is C18H26O2S2. The highest BCUT2D eigenvalue weighted by Crippen LogP contribution is 2.36. The molecule has 0 amide bonds. The molecule has 0 fully saturated rings. The average Bonchev–Trinajstić information content (AvgIpc) is 3.08. The van der Waals surface area contributed by atoms with E-state index in [0.29, 0.717) is 6.61 Å². The van der Waals surface area contributed by atoms with Crippen molar-refractivity contribution in [3.8, 4) is 0 Å². The van der Waals surface area contributed by atoms with Crippen molar-refractivity contribution in [2.24, 2.45) is 0 Å². The van der Waals surface area contributed by atoms with Gasteiger partial charge in [0.15, 0.2) is 0 Å². The van der Waals surface area contributed by atoms with E-state index in [1.54, 1.807) is 22.7 Å². The van der Waals surface area contributed by atoms with Crippen LogP contribution in [0, 0.1) is 0 Å². The van der Waals surface area contributed by atoms with Crippen LogP contribution in [0.2, 0.25) is 0 Å². The van der Waals surface area contributed by atoms with Crippen molar-refractivity contribution in [3.63, 3.8) is 0 Å². The first kappa shape index (κ1) is 17.5. The highest BCUT2D eigenvalue weighted by Gasteiger charge is 2.19. The normalized spacial score (nSPS) is 11.2. The molecule has 0 aliphatic rings. The Kier molecular flexibility index (Phi) is 7.40. The molecule has 4 heteroatoms. The SMILES string of the molecule is CCCCCCCCCc1c(C(=O)OCC)sc2ccsc12. The molecule has 2 aromatic rings. The zero-order chi connectivity index (χ0) is 15.8. The van der Waals surface area contributed by atoms with E-state index < -0.39 is 0 Å². The average molecular weight is 339 g/mol. The lowest BCUT2D eigenvalue weighted by Gasteiger charge is -2.05. The summed E-state index contributed by atoms with van der Waals surface area (Å²) in [5.41, 5.74) is 1.22. The summed E-state index contributed by atoms with van der Waals surface area (Å²) in [5, 5.41) is 2.12. The smallest absolute Gasteiger partial charge is 0.348 e. The summed E-state index contributed by atoms with van der Waals surface area (Å²) in [6.45, 7) is 4.56. The highest BCUT2D eigenvalue weighted by atomic mass is 32.1. The first-order chi connectivity index (χ1) is 10.8. The van der Waals surface area contributed by atoms with Gasteiger partial charge in [-0.25, -0.2) is 4.79 Å². The van der Waals surface area contributed by atoms with Gasteiger partial charge in [-0.3, -0.25) is 0 Å². The van der Waals surface area contributed by atoms with Crippen LogP contribution in [0.3, 0.4) is 0 Å². The molecule has 0 saturated heterocycles. The summed E-state index contributed by atoms with van der Waals surface area (Å²) in [6, 6.07) is 2.11. The fraction of sp³-hybridized carbons (Fsp3) is 0.611. The van der Waals surface area contributed by atoms with Crippen LogP contribution in [0.15, 0.2) is 11.4 Å². The molecule has 2 nitrogen and oxygen atoms in total. The fourth-order valence-electron chi connectivity index (χ4n) is 2.72. The lowest BCUT2D eigenvalue weighted by atomic mass is 10.0. The van der Waals surface area contributed by atoms with E-state index in [0.717, 1.165) is 11.3 Å². The second-order valence-corrected chi connectivity index (χ2v) is 7.58. The molecule has 2 heterocycles. The van der Waals surface area contributed by atoms with E-state index in [2.05, 4.69) is 18.4 Å². The van der Waals surface area contributed by atoms with Gasteiger partial charge in [-0.1, -0.05) is 45.4 Å². The van der Waals surface area contributed by atoms with Crippen LogP contribution in [0.4, 0.5) is 0 Å². The number of ether oxygens (including phenoxy) is 1. The van der Waals surface area contributed by atoms with Crippen molar-refractivity contribution >= 4 is 38.0 Å². The van der Waals surface area contributed by atoms with Crippen molar-refractivity contribution in [2.75, 3.05) is 6.61 Å². The molecule has 0 radical (unpaired) electrons. The number of hydrogen-bond acceptors (Lipinski definition) is 4. The molecule has 0 bridgehead atoms. The zero-order valence-electron chi connectivity index (χ0n) is 13.7. The van der Waals surface area contributed by atoms with E-state index in [1.807, 2.05) is 6.92 Å². The lowest BCUT2D eigenvalue weighted by Crippen LogP contribution is -2.05. The number of carbonyl (C=O) groups is 1. The number of hydrogen-bond donors (Lipinski definition) is 0. The number of thiophene rings is 2. The molecule has 0 saturated carbocycles. The molecule has 22 heavy (non-hydrogen) atoms. The van der Waals surface area contributed by atoms with Gasteiger partial charge in [-0.2, -0.15) is 0 Å². The molecule has 0 atom stereocenters. The first-order valence-electron chi connectivity index (χ1n) is 8.43. The number of carbonyl (C=O) groups excluding carboxylic acids is 1. The third-order valence-electron chi connectivity index (χ3n) is 3.88. The van der Waals surface area contributed by atoms with Gasteiger partial charge in [0.1, 0.15) is 4.88 Å². The van der Waals surface area contributed by atoms with Crippen molar-refractivity contribution < 1.29 is 9.53 Å². The van der Waals surface area contributed by atoms with Crippen LogP contribution in [-0.4, -0.2) is 12.6 Å². The van der Waals surface area contributed by atoms with Gasteiger partial charge in [-0.05, 0) is 36.8 Å². The van der Waals surface area contributed by atoms with Gasteiger partial charge in [0, 0.05) is 9.40 Å². The van der Waals surface area contributed by atoms with Gasteiger partial charge in [0.05, 0.1) is 6.61 Å². The summed E-state index contributed by atoms with van der Waals surface area (Å²) in [6.07, 6.45) is 10.1. The van der Waals surface area contributed by atoms with Crippen molar-refractivity contribution in [3.05, 3.63) is 21.9 Å². The third kappa shape index (κ3) is 4.56. The van der Waals surface area contributed by atoms with Gasteiger partial charge < -0.3 is 4.74 Å². The predicted molar refractivity (Wildman–Crippen MR) is 97.4 cm³/mol. The molecule has 0 aliphatic carbocycles. The maximum absolute atomic E-state index is 12.1. The number of unbranched alkanes of at least 4 members (excludes halogenated alkanes) is 6. The van der Waals surface area contributed by atoms with Gasteiger partial charge in [0.25, 0.3) is 0 Å². The van der Waals surface area contributed by atoms with Gasteiger partial charge in [-0.15, -0.1) is 22.7 Å². The number of fused-ring (bicyclic) bond motifs is 1. The third-order valence-corrected chi connectivity index (χ3v) is 6.16. The summed E-state index contributed by atoms with van der Waals surface area (Å²) in [5.74, 6) is -0.145. The summed E-state index contributed by atoms with van der Waals surface area (Å²) < 4.78 is 7.73. The van der Waals surface area contributed by atoms with Crippen molar-refractivity contribution in [1.29, 1.82) is 0 Å². The zero-order valence-corrected chi connectivity index (χ0v) is 15.3. The topological polar surface area (TPSA) is 26.3 Å². The molecule has 122 valence electrons. The van der Waals surface area contributed by atoms with Crippen LogP contribution in [0.1, 0.15) is 74.0 Å². The Morgan fingerprint density at radius 2 is 1.82 bits per heavy atom. The molecular weight excluding hydrogens is 312 g/mol. The molecule has 0 aromatic carbocycles. The van der Waals surface area contributed by atoms with Crippen LogP contribution in [0.5, 0.6) is 0 Å². The minimum absolute atomic E-state index is 0.145. The Bertz CT molecular complexity index is 583. The fourth-order valence-corrected chi connectivity index (χ4v) is 5.05. The molecule has 0 N–H and O–H groups in total. The summed E-state index contributed by atoms with van der Waals surface area (Å²) in [4.78, 5) is 13.0. The standard InChI is InChI=1S/C18H26O2S2/c1-3-5-6-7-8-9-10-11-14-16-15(12-13-21-16)22-17(14)18(19)20-4-2/h12-13H,3-11H2,1-2H3. The van der Waals surface area contributed by atoms with E-state index in [-0.39, 0.29) is 5.97 Å². The Hall–Kier alpha value is -0.870. The minimum atomic E-state index is -0.145. The lowest BCUT2D eigenvalue weighted by molar-refractivity contribution is 0.0531. The second-order valence-electron chi connectivity index (χ2n) is 5.62. The van der Waals surface area contributed by atoms with E-state index in [9.17, 15) is 4.79 Å². The minimum Gasteiger partial charge on any atom is -0.462 e. The summed E-state index contributed by atoms with van der Waals surface area (Å²) >= 11 is 3.34. The predicted octanol–water partition coefficient (Wildman–Crippen LogP) is 6.43. The Morgan fingerprint density at radius 3 is 2.55 bits per heavy atom. The Labute approximate surface area is 141 Å². The number of aryl methyl sites for hydroxylation is 1. The number of rotatable bonds is 10. The Balaban J connectivity index is 1.92. The molecule has 0 unspecified atom stereocenters. The Morgan fingerprint density at radius 1 is 1.09 bits per heavy atom. The van der Waals surface area contributed by atoms with Crippen LogP contribution in [0.25, 0.3) is 9.40 Å². The van der Waals surface area contributed by atoms with Gasteiger partial charge in [0.2, 0.25) is 0 Å². The molecule has 2 aromatic heterocycles. The maximum Gasteiger partial charge on any atom is 0.348 e. The molecule has 0 aliphatic heterocycles. The quantitative estimate of drug-likeness (QED) is 0.368. The second kappa shape index (κ2) is 9.31. The van der Waals surface area contributed by atoms with Gasteiger partial charge >= 0.3 is 5.97 Å². The van der Waals surface area contributed by atoms with Crippen LogP contribution in [-0.2, 0) is 11.2 Å². The van der Waals surface area contributed by atoms with Crippen LogP contribution < -0.4 is 0 Å². The van der Waals surface area contributed by atoms with E-state index in [1.165, 1.54) is 59.9 Å². The summed E-state index contributed by atoms with van der Waals surface area (Å²) in [7, 11) is 0.